The monoisotopic (exact) mass is 382 g/mol. The van der Waals surface area contributed by atoms with Crippen molar-refractivity contribution in [2.24, 2.45) is 0 Å². The average Bonchev–Trinajstić information content (AvgIpc) is 2.68. The molecule has 0 saturated heterocycles. The lowest BCUT2D eigenvalue weighted by Gasteiger charge is -2.21. The van der Waals surface area contributed by atoms with E-state index in [2.05, 4.69) is 15.6 Å². The van der Waals surface area contributed by atoms with Gasteiger partial charge in [0.15, 0.2) is 6.73 Å². The zero-order chi connectivity index (χ0) is 19.0. The predicted molar refractivity (Wildman–Crippen MR) is 99.6 cm³/mol. The molecule has 0 spiro atoms. The van der Waals surface area contributed by atoms with Crippen LogP contribution >= 0.6 is 11.8 Å². The standard InChI is InChI=1S/C18H14N4O4S/c1-10-16(23)19-14-8-11(6-7-15(14)27-10)18(25)26-9-22-17(24)12-4-2-3-5-13(12)20-21-22/h2-8,10H,9H2,1H3,(H,19,23). The predicted octanol–water partition coefficient (Wildman–Crippen LogP) is 2.04. The number of aromatic nitrogens is 3. The Hall–Kier alpha value is -3.20. The number of carbonyl (C=O) groups is 2. The quantitative estimate of drug-likeness (QED) is 0.691. The number of benzene rings is 2. The van der Waals surface area contributed by atoms with Crippen molar-refractivity contribution in [3.8, 4) is 0 Å². The fourth-order valence-corrected chi connectivity index (χ4v) is 3.58. The molecule has 9 heteroatoms. The van der Waals surface area contributed by atoms with Crippen LogP contribution in [0, 0.1) is 0 Å². The molecular weight excluding hydrogens is 368 g/mol. The van der Waals surface area contributed by atoms with Gasteiger partial charge in [0.25, 0.3) is 5.56 Å². The summed E-state index contributed by atoms with van der Waals surface area (Å²) in [7, 11) is 0. The van der Waals surface area contributed by atoms with Gasteiger partial charge in [-0.25, -0.2) is 4.79 Å². The van der Waals surface area contributed by atoms with E-state index < -0.39 is 11.5 Å². The van der Waals surface area contributed by atoms with E-state index in [1.165, 1.54) is 11.8 Å². The van der Waals surface area contributed by atoms with Gasteiger partial charge in [-0.05, 0) is 37.3 Å². The Balaban J connectivity index is 1.52. The van der Waals surface area contributed by atoms with Gasteiger partial charge in [-0.2, -0.15) is 4.68 Å². The van der Waals surface area contributed by atoms with Crippen LogP contribution in [-0.2, 0) is 16.3 Å². The number of anilines is 1. The molecule has 8 nitrogen and oxygen atoms in total. The van der Waals surface area contributed by atoms with Gasteiger partial charge in [-0.1, -0.05) is 17.3 Å². The van der Waals surface area contributed by atoms with Crippen LogP contribution in [0.2, 0.25) is 0 Å². The topological polar surface area (TPSA) is 103 Å². The summed E-state index contributed by atoms with van der Waals surface area (Å²) in [6.07, 6.45) is 0. The van der Waals surface area contributed by atoms with Crippen LogP contribution in [-0.4, -0.2) is 32.1 Å². The molecule has 1 N–H and O–H groups in total. The fraction of sp³-hybridized carbons (Fsp3) is 0.167. The van der Waals surface area contributed by atoms with Crippen LogP contribution in [0.4, 0.5) is 5.69 Å². The second-order valence-corrected chi connectivity index (χ2v) is 7.32. The van der Waals surface area contributed by atoms with Crippen molar-refractivity contribution >= 4 is 40.2 Å². The second kappa shape index (κ2) is 6.84. The molecule has 0 bridgehead atoms. The summed E-state index contributed by atoms with van der Waals surface area (Å²) in [6.45, 7) is 1.46. The average molecular weight is 382 g/mol. The van der Waals surface area contributed by atoms with Crippen molar-refractivity contribution in [2.75, 3.05) is 5.32 Å². The molecule has 1 aromatic heterocycles. The molecule has 2 aromatic carbocycles. The van der Waals surface area contributed by atoms with Crippen molar-refractivity contribution in [1.82, 2.24) is 15.0 Å². The van der Waals surface area contributed by atoms with Gasteiger partial charge in [0.1, 0.15) is 5.52 Å². The van der Waals surface area contributed by atoms with Gasteiger partial charge in [0, 0.05) is 4.90 Å². The molecule has 136 valence electrons. The molecule has 3 aromatic rings. The molecule has 1 atom stereocenters. The highest BCUT2D eigenvalue weighted by Gasteiger charge is 2.24. The molecule has 1 aliphatic rings. The minimum Gasteiger partial charge on any atom is -0.439 e. The Morgan fingerprint density at radius 1 is 1.26 bits per heavy atom. The first-order valence-electron chi connectivity index (χ1n) is 8.14. The maximum atomic E-state index is 12.4. The third kappa shape index (κ3) is 3.28. The first-order valence-corrected chi connectivity index (χ1v) is 9.02. The third-order valence-corrected chi connectivity index (χ3v) is 5.27. The largest absolute Gasteiger partial charge is 0.439 e. The fourth-order valence-electron chi connectivity index (χ4n) is 2.65. The molecule has 2 heterocycles. The molecular formula is C18H14N4O4S. The first kappa shape index (κ1) is 17.2. The Labute approximate surface area is 157 Å². The second-order valence-electron chi connectivity index (χ2n) is 5.93. The summed E-state index contributed by atoms with van der Waals surface area (Å²) in [6, 6.07) is 11.7. The summed E-state index contributed by atoms with van der Waals surface area (Å²) in [5, 5.41) is 10.7. The van der Waals surface area contributed by atoms with E-state index in [1.807, 2.05) is 6.92 Å². The number of carbonyl (C=O) groups excluding carboxylic acids is 2. The van der Waals surface area contributed by atoms with Crippen LogP contribution in [0.5, 0.6) is 0 Å². The van der Waals surface area contributed by atoms with Crippen molar-refractivity contribution in [3.63, 3.8) is 0 Å². The minimum absolute atomic E-state index is 0.115. The number of rotatable bonds is 3. The van der Waals surface area contributed by atoms with Crippen LogP contribution in [0.1, 0.15) is 17.3 Å². The van der Waals surface area contributed by atoms with Crippen LogP contribution in [0.3, 0.4) is 0 Å². The van der Waals surface area contributed by atoms with Crippen molar-refractivity contribution in [1.29, 1.82) is 0 Å². The molecule has 1 amide bonds. The summed E-state index contributed by atoms with van der Waals surface area (Å²) < 4.78 is 6.17. The van der Waals surface area contributed by atoms with Crippen LogP contribution in [0.25, 0.3) is 10.9 Å². The number of fused-ring (bicyclic) bond motifs is 2. The molecule has 1 unspecified atom stereocenters. The number of ether oxygens (including phenoxy) is 1. The smallest absolute Gasteiger partial charge is 0.339 e. The maximum absolute atomic E-state index is 12.4. The number of hydrogen-bond acceptors (Lipinski definition) is 7. The first-order chi connectivity index (χ1) is 13.0. The summed E-state index contributed by atoms with van der Waals surface area (Å²) in [5.74, 6) is -0.742. The Morgan fingerprint density at radius 3 is 2.93 bits per heavy atom. The zero-order valence-corrected chi connectivity index (χ0v) is 15.0. The van der Waals surface area contributed by atoms with Gasteiger partial charge < -0.3 is 10.1 Å². The van der Waals surface area contributed by atoms with Crippen LogP contribution in [0.15, 0.2) is 52.2 Å². The third-order valence-electron chi connectivity index (χ3n) is 4.09. The number of nitrogens with one attached hydrogen (secondary N) is 1. The molecule has 0 aliphatic carbocycles. The number of nitrogens with zero attached hydrogens (tertiary/aromatic N) is 3. The van der Waals surface area contributed by atoms with E-state index in [0.29, 0.717) is 16.6 Å². The molecule has 0 saturated carbocycles. The normalized spacial score (nSPS) is 15.9. The molecule has 0 fully saturated rings. The lowest BCUT2D eigenvalue weighted by Crippen LogP contribution is -2.27. The van der Waals surface area contributed by atoms with E-state index in [0.717, 1.165) is 9.58 Å². The van der Waals surface area contributed by atoms with E-state index in [-0.39, 0.29) is 23.5 Å². The van der Waals surface area contributed by atoms with Gasteiger partial charge >= 0.3 is 5.97 Å². The van der Waals surface area contributed by atoms with E-state index in [4.69, 9.17) is 4.74 Å². The minimum atomic E-state index is -0.627. The number of thioether (sulfide) groups is 1. The highest BCUT2D eigenvalue weighted by atomic mass is 32.2. The van der Waals surface area contributed by atoms with Gasteiger partial charge in [-0.3, -0.25) is 9.59 Å². The van der Waals surface area contributed by atoms with Crippen molar-refractivity contribution in [2.45, 2.75) is 23.8 Å². The number of hydrogen-bond donors (Lipinski definition) is 1. The molecule has 1 aliphatic heterocycles. The summed E-state index contributed by atoms with van der Waals surface area (Å²) >= 11 is 1.43. The molecule has 0 radical (unpaired) electrons. The van der Waals surface area contributed by atoms with Gasteiger partial charge in [-0.15, -0.1) is 16.9 Å². The van der Waals surface area contributed by atoms with Crippen molar-refractivity contribution < 1.29 is 14.3 Å². The Bertz CT molecular complexity index is 1130. The summed E-state index contributed by atoms with van der Waals surface area (Å²) in [4.78, 5) is 37.4. The molecule has 27 heavy (non-hydrogen) atoms. The number of amides is 1. The van der Waals surface area contributed by atoms with Gasteiger partial charge in [0.05, 0.1) is 21.9 Å². The van der Waals surface area contributed by atoms with E-state index in [1.54, 1.807) is 42.5 Å². The highest BCUT2D eigenvalue weighted by Crippen LogP contribution is 2.36. The molecule has 4 rings (SSSR count). The maximum Gasteiger partial charge on any atom is 0.339 e. The van der Waals surface area contributed by atoms with E-state index in [9.17, 15) is 14.4 Å². The summed E-state index contributed by atoms with van der Waals surface area (Å²) in [5.41, 5.74) is 0.921. The highest BCUT2D eigenvalue weighted by molar-refractivity contribution is 8.00. The number of esters is 1. The Kier molecular flexibility index (Phi) is 4.36. The zero-order valence-electron chi connectivity index (χ0n) is 14.2. The lowest BCUT2D eigenvalue weighted by atomic mass is 10.2. The van der Waals surface area contributed by atoms with Gasteiger partial charge in [0.2, 0.25) is 5.91 Å². The van der Waals surface area contributed by atoms with Crippen LogP contribution < -0.4 is 10.9 Å². The lowest BCUT2D eigenvalue weighted by molar-refractivity contribution is -0.115. The van der Waals surface area contributed by atoms with E-state index >= 15 is 0 Å². The SMILES string of the molecule is CC1Sc2ccc(C(=O)OCn3nnc4ccccc4c3=O)cc2NC1=O. The van der Waals surface area contributed by atoms with Crippen molar-refractivity contribution in [3.05, 3.63) is 58.4 Å². The Morgan fingerprint density at radius 2 is 2.07 bits per heavy atom.